The number of Topliss-reactive ketones (excluding diaryl/α,β-unsaturated/α-hetero) is 1. The van der Waals surface area contributed by atoms with Gasteiger partial charge in [0.15, 0.2) is 11.6 Å². The first-order valence-electron chi connectivity index (χ1n) is 13.4. The molecule has 7 aromatic rings. The van der Waals surface area contributed by atoms with Crippen molar-refractivity contribution in [2.45, 2.75) is 13.3 Å². The van der Waals surface area contributed by atoms with Crippen LogP contribution in [0.25, 0.3) is 55.2 Å². The summed E-state index contributed by atoms with van der Waals surface area (Å²) in [6, 6.07) is 19.9. The Hall–Kier alpha value is -5.55. The van der Waals surface area contributed by atoms with E-state index in [9.17, 15) is 9.59 Å². The fraction of sp³-hybridized carbons (Fsp3) is 0.0625. The summed E-state index contributed by atoms with van der Waals surface area (Å²) in [6.45, 7) is 1.52. The first-order chi connectivity index (χ1) is 20.9. The molecular formula is C32H22FN7O2S. The number of rotatable bonds is 7. The molecule has 0 fully saturated rings. The van der Waals surface area contributed by atoms with Crippen molar-refractivity contribution < 1.29 is 14.0 Å². The molecular weight excluding hydrogens is 565 g/mol. The number of carbonyl (C=O) groups excluding carboxylic acids is 2. The molecule has 0 atom stereocenters. The van der Waals surface area contributed by atoms with Gasteiger partial charge in [-0.1, -0.05) is 30.3 Å². The summed E-state index contributed by atoms with van der Waals surface area (Å²) in [5.41, 5.74) is 4.87. The molecule has 0 aliphatic rings. The zero-order valence-electron chi connectivity index (χ0n) is 22.7. The van der Waals surface area contributed by atoms with E-state index in [1.807, 2.05) is 36.4 Å². The number of anilines is 1. The van der Waals surface area contributed by atoms with Crippen LogP contribution in [0.1, 0.15) is 22.2 Å². The number of aromatic amines is 2. The third-order valence-electron chi connectivity index (χ3n) is 7.02. The minimum absolute atomic E-state index is 0.0179. The zero-order chi connectivity index (χ0) is 29.5. The van der Waals surface area contributed by atoms with E-state index in [4.69, 9.17) is 4.98 Å². The largest absolute Gasteiger partial charge is 0.336 e. The van der Waals surface area contributed by atoms with Crippen LogP contribution in [0.3, 0.4) is 0 Å². The summed E-state index contributed by atoms with van der Waals surface area (Å²) in [7, 11) is 0. The summed E-state index contributed by atoms with van der Waals surface area (Å²) in [5, 5.41) is 10.4. The van der Waals surface area contributed by atoms with Gasteiger partial charge in [0.05, 0.1) is 44.5 Å². The number of ketones is 1. The fourth-order valence-corrected chi connectivity index (χ4v) is 5.89. The van der Waals surface area contributed by atoms with Gasteiger partial charge in [-0.25, -0.2) is 9.37 Å². The quantitative estimate of drug-likeness (QED) is 0.176. The van der Waals surface area contributed by atoms with E-state index >= 15 is 4.39 Å². The Morgan fingerprint density at radius 1 is 0.977 bits per heavy atom. The second kappa shape index (κ2) is 10.7. The standard InChI is InChI=1S/C32H22FN7O2S/c1-17(41)24-9-10-25(43-24)30-29-23(11-12-35-30)37-32(38-29)31-27-22(39-40-31)8-7-21(28(27)33)19-14-20(16-34-15-19)36-26(42)13-18-5-3-2-4-6-18/h2-12,14-16H,13H2,1H3,(H,36,42)(H,37,38)(H,39,40). The molecule has 9 nitrogen and oxygen atoms in total. The van der Waals surface area contributed by atoms with Crippen molar-refractivity contribution in [3.8, 4) is 33.2 Å². The number of amides is 1. The average molecular weight is 588 g/mol. The Kier molecular flexibility index (Phi) is 6.55. The monoisotopic (exact) mass is 587 g/mol. The molecule has 1 amide bonds. The van der Waals surface area contributed by atoms with Crippen LogP contribution in [0.5, 0.6) is 0 Å². The molecule has 0 unspecified atom stereocenters. The van der Waals surface area contributed by atoms with Gasteiger partial charge in [-0.2, -0.15) is 5.10 Å². The number of benzene rings is 2. The maximum absolute atomic E-state index is 16.2. The van der Waals surface area contributed by atoms with Crippen LogP contribution in [0, 0.1) is 5.82 Å². The molecule has 0 radical (unpaired) electrons. The summed E-state index contributed by atoms with van der Waals surface area (Å²) in [6.07, 6.45) is 4.95. The van der Waals surface area contributed by atoms with Crippen molar-refractivity contribution in [2.24, 2.45) is 0 Å². The number of carbonyl (C=O) groups is 2. The smallest absolute Gasteiger partial charge is 0.228 e. The first-order valence-corrected chi connectivity index (χ1v) is 14.2. The Morgan fingerprint density at radius 2 is 1.84 bits per heavy atom. The first kappa shape index (κ1) is 26.4. The summed E-state index contributed by atoms with van der Waals surface area (Å²) in [5.74, 6) is -0.346. The molecule has 3 N–H and O–H groups in total. The van der Waals surface area contributed by atoms with Crippen LogP contribution in [0.15, 0.2) is 85.3 Å². The topological polar surface area (TPSA) is 129 Å². The zero-order valence-corrected chi connectivity index (χ0v) is 23.5. The van der Waals surface area contributed by atoms with Gasteiger partial charge in [-0.15, -0.1) is 11.3 Å². The Labute approximate surface area is 247 Å². The lowest BCUT2D eigenvalue weighted by Gasteiger charge is -2.09. The number of thiophene rings is 1. The number of pyridine rings is 2. The van der Waals surface area contributed by atoms with Crippen LogP contribution in [-0.4, -0.2) is 41.8 Å². The van der Waals surface area contributed by atoms with E-state index in [1.165, 1.54) is 24.5 Å². The van der Waals surface area contributed by atoms with Crippen molar-refractivity contribution in [1.82, 2.24) is 30.1 Å². The minimum atomic E-state index is -0.501. The van der Waals surface area contributed by atoms with Crippen molar-refractivity contribution in [3.63, 3.8) is 0 Å². The molecule has 0 spiro atoms. The molecule has 210 valence electrons. The third-order valence-corrected chi connectivity index (χ3v) is 8.21. The second-order valence-electron chi connectivity index (χ2n) is 9.96. The molecule has 0 aliphatic carbocycles. The van der Waals surface area contributed by atoms with E-state index in [-0.39, 0.29) is 23.5 Å². The number of hydrogen-bond acceptors (Lipinski definition) is 7. The van der Waals surface area contributed by atoms with E-state index in [1.54, 1.807) is 42.7 Å². The Bertz CT molecular complexity index is 2170. The summed E-state index contributed by atoms with van der Waals surface area (Å²) >= 11 is 1.35. The van der Waals surface area contributed by atoms with Gasteiger partial charge in [-0.05, 0) is 48.9 Å². The van der Waals surface area contributed by atoms with E-state index in [0.717, 1.165) is 10.4 Å². The SMILES string of the molecule is CC(=O)c1ccc(-c2nccc3[nH]c(-c4n[nH]c5ccc(-c6cncc(NC(=O)Cc7ccccc7)c6)c(F)c45)nc23)s1. The normalized spacial score (nSPS) is 11.3. The number of fused-ring (bicyclic) bond motifs is 2. The number of hydrogen-bond donors (Lipinski definition) is 3. The fourth-order valence-electron chi connectivity index (χ4n) is 4.99. The van der Waals surface area contributed by atoms with Gasteiger partial charge in [-0.3, -0.25) is 24.7 Å². The molecule has 5 heterocycles. The van der Waals surface area contributed by atoms with Gasteiger partial charge in [0, 0.05) is 23.5 Å². The predicted octanol–water partition coefficient (Wildman–Crippen LogP) is 6.81. The highest BCUT2D eigenvalue weighted by Crippen LogP contribution is 2.36. The minimum Gasteiger partial charge on any atom is -0.336 e. The molecule has 0 aliphatic heterocycles. The van der Waals surface area contributed by atoms with E-state index < -0.39 is 5.82 Å². The highest BCUT2D eigenvalue weighted by molar-refractivity contribution is 7.17. The Morgan fingerprint density at radius 3 is 2.65 bits per heavy atom. The number of halogens is 1. The van der Waals surface area contributed by atoms with Crippen LogP contribution in [-0.2, 0) is 11.2 Å². The summed E-state index contributed by atoms with van der Waals surface area (Å²) in [4.78, 5) is 42.6. The average Bonchev–Trinajstić information content (AvgIpc) is 3.76. The molecule has 0 bridgehead atoms. The van der Waals surface area contributed by atoms with Crippen molar-refractivity contribution in [1.29, 1.82) is 0 Å². The third kappa shape index (κ3) is 4.95. The van der Waals surface area contributed by atoms with Crippen molar-refractivity contribution in [3.05, 3.63) is 102 Å². The lowest BCUT2D eigenvalue weighted by Crippen LogP contribution is -2.14. The van der Waals surface area contributed by atoms with E-state index in [2.05, 4.69) is 30.5 Å². The molecule has 43 heavy (non-hydrogen) atoms. The maximum Gasteiger partial charge on any atom is 0.228 e. The molecule has 5 aromatic heterocycles. The maximum atomic E-state index is 16.2. The lowest BCUT2D eigenvalue weighted by molar-refractivity contribution is -0.115. The highest BCUT2D eigenvalue weighted by Gasteiger charge is 2.21. The molecule has 0 saturated carbocycles. The van der Waals surface area contributed by atoms with E-state index in [0.29, 0.717) is 55.5 Å². The summed E-state index contributed by atoms with van der Waals surface area (Å²) < 4.78 is 16.2. The van der Waals surface area contributed by atoms with Crippen molar-refractivity contribution in [2.75, 3.05) is 5.32 Å². The number of aromatic nitrogens is 6. The van der Waals surface area contributed by atoms with Gasteiger partial charge in [0.1, 0.15) is 22.7 Å². The number of H-pyrrole nitrogens is 2. The van der Waals surface area contributed by atoms with Crippen LogP contribution in [0.4, 0.5) is 10.1 Å². The number of nitrogens with zero attached hydrogens (tertiary/aromatic N) is 4. The predicted molar refractivity (Wildman–Crippen MR) is 164 cm³/mol. The van der Waals surface area contributed by atoms with Crippen LogP contribution in [0.2, 0.25) is 0 Å². The second-order valence-corrected chi connectivity index (χ2v) is 11.0. The van der Waals surface area contributed by atoms with Crippen molar-refractivity contribution >= 4 is 50.7 Å². The Balaban J connectivity index is 1.24. The molecule has 2 aromatic carbocycles. The van der Waals surface area contributed by atoms with Crippen LogP contribution >= 0.6 is 11.3 Å². The van der Waals surface area contributed by atoms with Gasteiger partial charge < -0.3 is 10.3 Å². The lowest BCUT2D eigenvalue weighted by atomic mass is 10.0. The number of imidazole rings is 1. The molecule has 11 heteroatoms. The molecule has 7 rings (SSSR count). The van der Waals surface area contributed by atoms with Gasteiger partial charge in [0.2, 0.25) is 5.91 Å². The number of nitrogens with one attached hydrogen (secondary N) is 3. The van der Waals surface area contributed by atoms with Crippen LogP contribution < -0.4 is 5.32 Å². The van der Waals surface area contributed by atoms with Gasteiger partial charge >= 0.3 is 0 Å². The highest BCUT2D eigenvalue weighted by atomic mass is 32.1. The molecule has 0 saturated heterocycles. The van der Waals surface area contributed by atoms with Gasteiger partial charge in [0.25, 0.3) is 0 Å².